The molecule has 0 bridgehead atoms. The molecule has 3 aliphatic rings. The maximum absolute atomic E-state index is 14.8. The Morgan fingerprint density at radius 2 is 1.64 bits per heavy atom. The van der Waals surface area contributed by atoms with Crippen molar-refractivity contribution in [2.24, 2.45) is 5.92 Å². The van der Waals surface area contributed by atoms with E-state index in [9.17, 15) is 14.4 Å². The number of fused-ring (bicyclic) bond motifs is 6. The van der Waals surface area contributed by atoms with Crippen LogP contribution in [0.1, 0.15) is 33.1 Å². The molecule has 8 heteroatoms. The molecule has 1 saturated heterocycles. The first-order chi connectivity index (χ1) is 20.4. The molecule has 208 valence electrons. The summed E-state index contributed by atoms with van der Waals surface area (Å²) < 4.78 is 5.32. The van der Waals surface area contributed by atoms with E-state index in [4.69, 9.17) is 16.3 Å². The summed E-state index contributed by atoms with van der Waals surface area (Å²) in [7, 11) is 1.56. The van der Waals surface area contributed by atoms with Crippen LogP contribution >= 0.6 is 11.6 Å². The molecule has 7 rings (SSSR count). The molecule has 1 fully saturated rings. The first-order valence-corrected chi connectivity index (χ1v) is 14.0. The van der Waals surface area contributed by atoms with Crippen molar-refractivity contribution in [2.75, 3.05) is 17.7 Å². The number of methoxy groups -OCH3 is 1. The third kappa shape index (κ3) is 3.77. The molecule has 1 spiro atoms. The van der Waals surface area contributed by atoms with Crippen LogP contribution in [-0.2, 0) is 15.0 Å². The van der Waals surface area contributed by atoms with Crippen molar-refractivity contribution < 1.29 is 19.1 Å². The number of carbonyl (C=O) groups is 3. The molecule has 4 aromatic carbocycles. The molecule has 3 heterocycles. The average molecular weight is 576 g/mol. The van der Waals surface area contributed by atoms with Crippen molar-refractivity contribution in [3.8, 4) is 5.75 Å². The van der Waals surface area contributed by atoms with E-state index < -0.39 is 29.3 Å². The highest BCUT2D eigenvalue weighted by Crippen LogP contribution is 2.62. The molecule has 3 aliphatic heterocycles. The standard InChI is InChI=1S/C34H26ClN3O4/c1-42-24-16-10-21(11-17-24)30(39)28-29(32(40)36-23-14-12-22(35)13-15-23)38-19-18-20-6-2-3-7-25(20)31(38)34(28)26-8-4-5-9-27(26)37-33(34)41/h2-19,28-29,31H,1H3,(H,36,40)(H,37,41)/t28-,29-,31-,34+/m0/s1. The number of ether oxygens (including phenoxy) is 1. The zero-order chi connectivity index (χ0) is 29.0. The quantitative estimate of drug-likeness (QED) is 0.281. The molecular weight excluding hydrogens is 550 g/mol. The molecule has 0 unspecified atom stereocenters. The Hall–Kier alpha value is -4.88. The molecule has 0 radical (unpaired) electrons. The van der Waals surface area contributed by atoms with Gasteiger partial charge in [0.25, 0.3) is 0 Å². The van der Waals surface area contributed by atoms with Crippen LogP contribution in [0, 0.1) is 5.92 Å². The zero-order valence-corrected chi connectivity index (χ0v) is 23.3. The number of carbonyl (C=O) groups excluding carboxylic acids is 3. The summed E-state index contributed by atoms with van der Waals surface area (Å²) in [6, 6.07) is 27.2. The van der Waals surface area contributed by atoms with Crippen LogP contribution in [0.25, 0.3) is 6.08 Å². The summed E-state index contributed by atoms with van der Waals surface area (Å²) in [4.78, 5) is 45.4. The molecule has 0 aromatic heterocycles. The van der Waals surface area contributed by atoms with Crippen LogP contribution < -0.4 is 15.4 Å². The van der Waals surface area contributed by atoms with Gasteiger partial charge in [0.2, 0.25) is 11.8 Å². The molecule has 4 aromatic rings. The van der Waals surface area contributed by atoms with E-state index in [-0.39, 0.29) is 11.7 Å². The fraction of sp³-hybridized carbons (Fsp3) is 0.147. The third-order valence-corrected chi connectivity index (χ3v) is 8.86. The van der Waals surface area contributed by atoms with Crippen LogP contribution in [0.5, 0.6) is 5.75 Å². The second-order valence-electron chi connectivity index (χ2n) is 10.7. The fourth-order valence-electron chi connectivity index (χ4n) is 6.85. The predicted octanol–water partition coefficient (Wildman–Crippen LogP) is 6.09. The molecule has 2 amide bonds. The van der Waals surface area contributed by atoms with Crippen LogP contribution in [0.4, 0.5) is 11.4 Å². The lowest BCUT2D eigenvalue weighted by atomic mass is 9.63. The molecule has 7 nitrogen and oxygen atoms in total. The van der Waals surface area contributed by atoms with Crippen LogP contribution in [0.3, 0.4) is 0 Å². The Kier molecular flexibility index (Phi) is 6.13. The minimum atomic E-state index is -1.39. The Morgan fingerprint density at radius 3 is 2.40 bits per heavy atom. The van der Waals surface area contributed by atoms with E-state index in [1.165, 1.54) is 0 Å². The lowest BCUT2D eigenvalue weighted by Crippen LogP contribution is -2.50. The number of nitrogens with one attached hydrogen (secondary N) is 2. The molecule has 0 saturated carbocycles. The van der Waals surface area contributed by atoms with E-state index in [1.54, 1.807) is 55.6 Å². The number of para-hydroxylation sites is 1. The van der Waals surface area contributed by atoms with Crippen molar-refractivity contribution in [3.05, 3.63) is 131 Å². The lowest BCUT2D eigenvalue weighted by Gasteiger charge is -2.38. The summed E-state index contributed by atoms with van der Waals surface area (Å²) in [5.41, 5.74) is 2.68. The van der Waals surface area contributed by atoms with Gasteiger partial charge in [-0.2, -0.15) is 0 Å². The second kappa shape index (κ2) is 9.89. The smallest absolute Gasteiger partial charge is 0.247 e. The van der Waals surface area contributed by atoms with Crippen molar-refractivity contribution >= 4 is 46.6 Å². The predicted molar refractivity (Wildman–Crippen MR) is 161 cm³/mol. The van der Waals surface area contributed by atoms with Gasteiger partial charge in [-0.1, -0.05) is 54.1 Å². The highest BCUT2D eigenvalue weighted by molar-refractivity contribution is 6.30. The third-order valence-electron chi connectivity index (χ3n) is 8.61. The summed E-state index contributed by atoms with van der Waals surface area (Å²) >= 11 is 6.09. The first-order valence-electron chi connectivity index (χ1n) is 13.6. The van der Waals surface area contributed by atoms with Crippen LogP contribution in [-0.4, -0.2) is 35.6 Å². The van der Waals surface area contributed by atoms with Gasteiger partial charge in [-0.15, -0.1) is 0 Å². The van der Waals surface area contributed by atoms with E-state index in [1.807, 2.05) is 65.7 Å². The van der Waals surface area contributed by atoms with E-state index in [2.05, 4.69) is 10.6 Å². The Balaban J connectivity index is 1.47. The molecule has 0 aliphatic carbocycles. The number of nitrogens with zero attached hydrogens (tertiary/aromatic N) is 1. The van der Waals surface area contributed by atoms with Gasteiger partial charge >= 0.3 is 0 Å². The fourth-order valence-corrected chi connectivity index (χ4v) is 6.98. The minimum absolute atomic E-state index is 0.305. The van der Waals surface area contributed by atoms with Gasteiger partial charge in [0.15, 0.2) is 5.78 Å². The lowest BCUT2D eigenvalue weighted by molar-refractivity contribution is -0.122. The largest absolute Gasteiger partial charge is 0.497 e. The van der Waals surface area contributed by atoms with E-state index in [0.717, 1.165) is 11.1 Å². The number of ketones is 1. The van der Waals surface area contributed by atoms with Crippen LogP contribution in [0.2, 0.25) is 5.02 Å². The number of halogens is 1. The number of benzene rings is 4. The van der Waals surface area contributed by atoms with E-state index >= 15 is 0 Å². The summed E-state index contributed by atoms with van der Waals surface area (Å²) in [5, 5.41) is 6.58. The van der Waals surface area contributed by atoms with Crippen molar-refractivity contribution in [2.45, 2.75) is 17.5 Å². The summed E-state index contributed by atoms with van der Waals surface area (Å²) in [5.74, 6) is -1.48. The average Bonchev–Trinajstić information content (AvgIpc) is 3.50. The van der Waals surface area contributed by atoms with Gasteiger partial charge in [-0.25, -0.2) is 0 Å². The van der Waals surface area contributed by atoms with Crippen LogP contribution in [0.15, 0.2) is 103 Å². The topological polar surface area (TPSA) is 87.7 Å². The highest BCUT2D eigenvalue weighted by atomic mass is 35.5. The minimum Gasteiger partial charge on any atom is -0.497 e. The summed E-state index contributed by atoms with van der Waals surface area (Å²) in [6.07, 6.45) is 3.78. The maximum atomic E-state index is 14.8. The Bertz CT molecular complexity index is 1770. The number of hydrogen-bond acceptors (Lipinski definition) is 5. The summed E-state index contributed by atoms with van der Waals surface area (Å²) in [6.45, 7) is 0. The van der Waals surface area contributed by atoms with Crippen molar-refractivity contribution in [1.29, 1.82) is 0 Å². The van der Waals surface area contributed by atoms with Gasteiger partial charge in [-0.3, -0.25) is 14.4 Å². The van der Waals surface area contributed by atoms with E-state index in [0.29, 0.717) is 33.3 Å². The Morgan fingerprint density at radius 1 is 0.929 bits per heavy atom. The zero-order valence-electron chi connectivity index (χ0n) is 22.6. The number of anilines is 2. The van der Waals surface area contributed by atoms with Gasteiger partial charge in [0, 0.05) is 28.2 Å². The molecule has 42 heavy (non-hydrogen) atoms. The SMILES string of the molecule is COc1ccc(C(=O)[C@@H]2[C@@H](C(=O)Nc3ccc(Cl)cc3)N3C=Cc4ccccc4[C@H]3[C@]23C(=O)Nc2ccccc23)cc1. The number of hydrogen-bond donors (Lipinski definition) is 2. The van der Waals surface area contributed by atoms with Crippen molar-refractivity contribution in [1.82, 2.24) is 4.90 Å². The number of amides is 2. The number of rotatable bonds is 5. The Labute approximate surface area is 247 Å². The molecule has 2 N–H and O–H groups in total. The molecular formula is C34H26ClN3O4. The normalized spacial score (nSPS) is 23.1. The second-order valence-corrected chi connectivity index (χ2v) is 11.1. The van der Waals surface area contributed by atoms with Crippen molar-refractivity contribution in [3.63, 3.8) is 0 Å². The number of Topliss-reactive ketones (excluding diaryl/α,β-unsaturated/α-hetero) is 1. The monoisotopic (exact) mass is 575 g/mol. The van der Waals surface area contributed by atoms with Gasteiger partial charge in [-0.05, 0) is 77.4 Å². The van der Waals surface area contributed by atoms with Gasteiger partial charge in [0.05, 0.1) is 19.1 Å². The molecule has 4 atom stereocenters. The maximum Gasteiger partial charge on any atom is 0.247 e. The van der Waals surface area contributed by atoms with Gasteiger partial charge < -0.3 is 20.3 Å². The first kappa shape index (κ1) is 26.0. The highest BCUT2D eigenvalue weighted by Gasteiger charge is 2.70. The van der Waals surface area contributed by atoms with Gasteiger partial charge in [0.1, 0.15) is 17.2 Å².